The van der Waals surface area contributed by atoms with E-state index in [0.29, 0.717) is 41.7 Å². The third kappa shape index (κ3) is 8.21. The number of thiocarbonyl (C=S) groups is 1. The number of hydrogen-bond donors (Lipinski definition) is 1. The summed E-state index contributed by atoms with van der Waals surface area (Å²) in [4.78, 5) is 16.5. The molecule has 0 saturated heterocycles. The molecule has 6 heteroatoms. The summed E-state index contributed by atoms with van der Waals surface area (Å²) in [7, 11) is 2.01. The van der Waals surface area contributed by atoms with Crippen molar-refractivity contribution in [1.82, 2.24) is 10.2 Å². The minimum Gasteiger partial charge on any atom is -0.485 e. The maximum atomic E-state index is 13.8. The van der Waals surface area contributed by atoms with Crippen molar-refractivity contribution in [3.63, 3.8) is 0 Å². The van der Waals surface area contributed by atoms with Crippen LogP contribution in [0.3, 0.4) is 0 Å². The van der Waals surface area contributed by atoms with Crippen LogP contribution in [0.4, 0.5) is 0 Å². The molecule has 0 saturated carbocycles. The maximum Gasteiger partial charge on any atom is 0.252 e. The Labute approximate surface area is 300 Å². The molecule has 252 valence electrons. The molecular formula is C44H42N2O3S. The van der Waals surface area contributed by atoms with Crippen molar-refractivity contribution >= 4 is 33.9 Å². The lowest BCUT2D eigenvalue weighted by Gasteiger charge is -2.39. The second-order valence-electron chi connectivity index (χ2n) is 12.8. The van der Waals surface area contributed by atoms with Gasteiger partial charge in [-0.2, -0.15) is 0 Å². The third-order valence-electron chi connectivity index (χ3n) is 9.11. The number of nitrogens with one attached hydrogen (secondary N) is 1. The van der Waals surface area contributed by atoms with E-state index in [-0.39, 0.29) is 11.9 Å². The molecular weight excluding hydrogens is 637 g/mol. The molecule has 0 fully saturated rings. The van der Waals surface area contributed by atoms with E-state index in [2.05, 4.69) is 59.6 Å². The Morgan fingerprint density at radius 3 is 1.92 bits per heavy atom. The van der Waals surface area contributed by atoms with Gasteiger partial charge in [0, 0.05) is 19.0 Å². The highest BCUT2D eigenvalue weighted by Crippen LogP contribution is 2.34. The highest BCUT2D eigenvalue weighted by atomic mass is 32.1. The normalized spacial score (nSPS) is 12.8. The quantitative estimate of drug-likeness (QED) is 0.123. The van der Waals surface area contributed by atoms with Gasteiger partial charge in [-0.25, -0.2) is 0 Å². The number of likely N-dealkylation sites (N-methyl/N-ethyl adjacent to an activating group) is 1. The van der Waals surface area contributed by atoms with Crippen LogP contribution in [0.5, 0.6) is 11.5 Å². The summed E-state index contributed by atoms with van der Waals surface area (Å²) < 4.78 is 12.7. The second kappa shape index (κ2) is 15.8. The molecule has 0 aliphatic heterocycles. The third-order valence-corrected chi connectivity index (χ3v) is 9.85. The van der Waals surface area contributed by atoms with Crippen LogP contribution in [0.2, 0.25) is 0 Å². The zero-order chi connectivity index (χ0) is 34.9. The molecule has 0 radical (unpaired) electrons. The fourth-order valence-electron chi connectivity index (χ4n) is 6.25. The molecule has 6 rings (SSSR count). The first-order chi connectivity index (χ1) is 24.3. The lowest BCUT2D eigenvalue weighted by Crippen LogP contribution is -2.58. The maximum absolute atomic E-state index is 13.8. The van der Waals surface area contributed by atoms with E-state index in [0.717, 1.165) is 16.7 Å². The zero-order valence-electron chi connectivity index (χ0n) is 28.7. The summed E-state index contributed by atoms with van der Waals surface area (Å²) in [5, 5.41) is 5.68. The summed E-state index contributed by atoms with van der Waals surface area (Å²) in [5.74, 6) is 1.08. The van der Waals surface area contributed by atoms with Gasteiger partial charge >= 0.3 is 0 Å². The Balaban J connectivity index is 1.32. The summed E-state index contributed by atoms with van der Waals surface area (Å²) in [6.07, 6.45) is 0.428. The monoisotopic (exact) mass is 678 g/mol. The predicted octanol–water partition coefficient (Wildman–Crippen LogP) is 9.75. The van der Waals surface area contributed by atoms with Gasteiger partial charge < -0.3 is 19.7 Å². The molecule has 1 N–H and O–H groups in total. The van der Waals surface area contributed by atoms with Crippen LogP contribution in [0.1, 0.15) is 52.5 Å². The van der Waals surface area contributed by atoms with Gasteiger partial charge in [-0.15, -0.1) is 0 Å². The summed E-state index contributed by atoms with van der Waals surface area (Å²) in [6, 6.07) is 50.1. The van der Waals surface area contributed by atoms with Crippen LogP contribution in [0.25, 0.3) is 10.8 Å². The van der Waals surface area contributed by atoms with Gasteiger partial charge in [-0.3, -0.25) is 4.79 Å². The number of fused-ring (bicyclic) bond motifs is 1. The van der Waals surface area contributed by atoms with Crippen molar-refractivity contribution in [3.8, 4) is 11.5 Å². The van der Waals surface area contributed by atoms with Gasteiger partial charge in [0.25, 0.3) is 5.91 Å². The van der Waals surface area contributed by atoms with Crippen molar-refractivity contribution in [3.05, 3.63) is 179 Å². The lowest BCUT2D eigenvalue weighted by molar-refractivity contribution is 0.0924. The van der Waals surface area contributed by atoms with Crippen LogP contribution >= 0.6 is 12.2 Å². The van der Waals surface area contributed by atoms with E-state index in [9.17, 15) is 4.79 Å². The van der Waals surface area contributed by atoms with Crippen molar-refractivity contribution in [2.24, 2.45) is 0 Å². The van der Waals surface area contributed by atoms with Gasteiger partial charge in [-0.1, -0.05) is 140 Å². The number of benzene rings is 6. The van der Waals surface area contributed by atoms with Crippen LogP contribution in [-0.2, 0) is 19.6 Å². The predicted molar refractivity (Wildman–Crippen MR) is 207 cm³/mol. The molecule has 0 aliphatic carbocycles. The fourth-order valence-corrected chi connectivity index (χ4v) is 6.53. The molecule has 0 bridgehead atoms. The molecule has 50 heavy (non-hydrogen) atoms. The Morgan fingerprint density at radius 2 is 1.26 bits per heavy atom. The first kappa shape index (κ1) is 34.4. The average molecular weight is 679 g/mol. The molecule has 0 aromatic heterocycles. The minimum absolute atomic E-state index is 0.0555. The van der Waals surface area contributed by atoms with E-state index in [1.165, 1.54) is 16.3 Å². The van der Waals surface area contributed by atoms with Gasteiger partial charge in [0.1, 0.15) is 18.2 Å². The number of ether oxygens (including phenoxy) is 2. The Kier molecular flexibility index (Phi) is 10.9. The molecule has 0 spiro atoms. The second-order valence-corrected chi connectivity index (χ2v) is 13.2. The van der Waals surface area contributed by atoms with E-state index >= 15 is 0 Å². The van der Waals surface area contributed by atoms with Crippen LogP contribution in [-0.4, -0.2) is 28.4 Å². The lowest BCUT2D eigenvalue weighted by atomic mass is 9.89. The van der Waals surface area contributed by atoms with Gasteiger partial charge in [0.2, 0.25) is 0 Å². The fraction of sp³-hybridized carbons (Fsp3) is 0.182. The Morgan fingerprint density at radius 1 is 0.700 bits per heavy atom. The molecule has 6 aromatic rings. The molecule has 6 aromatic carbocycles. The minimum atomic E-state index is -0.932. The summed E-state index contributed by atoms with van der Waals surface area (Å²) in [5.41, 5.74) is 3.88. The largest absolute Gasteiger partial charge is 0.485 e. The SMILES string of the molecule is C[C@H](c1cccc2ccccc12)N(C)C(=S)[C@@](C)(Cc1ccc(OCc2ccccc2)c(OCc2ccccc2)c1)NC(=O)c1ccccc1. The van der Waals surface area contributed by atoms with Crippen LogP contribution in [0.15, 0.2) is 152 Å². The Hall–Kier alpha value is -5.46. The van der Waals surface area contributed by atoms with Crippen molar-refractivity contribution < 1.29 is 14.3 Å². The van der Waals surface area contributed by atoms with Crippen LogP contribution < -0.4 is 14.8 Å². The van der Waals surface area contributed by atoms with Crippen molar-refractivity contribution in [2.45, 2.75) is 45.1 Å². The molecule has 5 nitrogen and oxygen atoms in total. The number of carbonyl (C=O) groups is 1. The number of rotatable bonds is 13. The van der Waals surface area contributed by atoms with E-state index < -0.39 is 5.54 Å². The first-order valence-electron chi connectivity index (χ1n) is 16.9. The smallest absolute Gasteiger partial charge is 0.252 e. The van der Waals surface area contributed by atoms with Crippen molar-refractivity contribution in [2.75, 3.05) is 7.05 Å². The number of hydrogen-bond acceptors (Lipinski definition) is 4. The van der Waals surface area contributed by atoms with Gasteiger partial charge in [0.15, 0.2) is 11.5 Å². The zero-order valence-corrected chi connectivity index (χ0v) is 29.5. The first-order valence-corrected chi connectivity index (χ1v) is 17.3. The standard InChI is InChI=1S/C44H42N2O3S/c1-32(38-25-15-23-36-20-13-14-24-39(36)38)46(3)43(50)44(2,45-42(47)37-21-11-6-12-22-37)29-35-26-27-40(48-30-33-16-7-4-8-17-33)41(28-35)49-31-34-18-9-5-10-19-34/h4-28,32H,29-31H2,1-3H3,(H,45,47)/t32-,44-/m1/s1. The highest BCUT2D eigenvalue weighted by molar-refractivity contribution is 7.80. The van der Waals surface area contributed by atoms with E-state index in [1.807, 2.05) is 123 Å². The van der Waals surface area contributed by atoms with E-state index in [1.54, 1.807) is 0 Å². The molecule has 1 amide bonds. The number of nitrogens with zero attached hydrogens (tertiary/aromatic N) is 1. The molecule has 0 heterocycles. The van der Waals surface area contributed by atoms with Crippen molar-refractivity contribution in [1.29, 1.82) is 0 Å². The number of carbonyl (C=O) groups excluding carboxylic acids is 1. The highest BCUT2D eigenvalue weighted by Gasteiger charge is 2.36. The Bertz CT molecular complexity index is 2050. The van der Waals surface area contributed by atoms with Gasteiger partial charge in [-0.05, 0) is 71.1 Å². The summed E-state index contributed by atoms with van der Waals surface area (Å²) >= 11 is 6.30. The molecule has 2 atom stereocenters. The summed E-state index contributed by atoms with van der Waals surface area (Å²) in [6.45, 7) is 4.96. The topological polar surface area (TPSA) is 50.8 Å². The average Bonchev–Trinajstić information content (AvgIpc) is 3.16. The van der Waals surface area contributed by atoms with Crippen LogP contribution in [0, 0.1) is 0 Å². The van der Waals surface area contributed by atoms with E-state index in [4.69, 9.17) is 21.7 Å². The molecule has 0 unspecified atom stereocenters. The van der Waals surface area contributed by atoms with Gasteiger partial charge in [0.05, 0.1) is 11.6 Å². The number of amides is 1. The molecule has 0 aliphatic rings.